The molecule has 0 saturated carbocycles. The van der Waals surface area contributed by atoms with Crippen LogP contribution in [0.3, 0.4) is 0 Å². The summed E-state index contributed by atoms with van der Waals surface area (Å²) in [5.41, 5.74) is 17.1. The minimum Gasteiger partial charge on any atom is -0.508 e. The number of hydrogen-bond donors (Lipinski definition) is 10. The number of nitrogens with zero attached hydrogens (tertiary/aromatic N) is 1. The molecular weight excluding hydrogens is 490 g/mol. The van der Waals surface area contributed by atoms with Crippen LogP contribution in [0.5, 0.6) is 5.75 Å². The first-order chi connectivity index (χ1) is 17.3. The fourth-order valence-corrected chi connectivity index (χ4v) is 3.14. The summed E-state index contributed by atoms with van der Waals surface area (Å²) in [4.78, 5) is 53.1. The minimum absolute atomic E-state index is 0.0348. The maximum atomic E-state index is 12.9. The van der Waals surface area contributed by atoms with Crippen LogP contribution < -0.4 is 33.2 Å². The average Bonchev–Trinajstić information content (AvgIpc) is 2.83. The molecule has 0 heterocycles. The fraction of sp³-hybridized carbons (Fsp3) is 0.500. The summed E-state index contributed by atoms with van der Waals surface area (Å²) >= 11 is 0. The normalized spacial score (nSPS) is 14.8. The number of aliphatic hydroxyl groups is 2. The van der Waals surface area contributed by atoms with Crippen molar-refractivity contribution in [3.8, 4) is 5.75 Å². The van der Waals surface area contributed by atoms with E-state index in [1.165, 1.54) is 19.1 Å². The van der Waals surface area contributed by atoms with Crippen LogP contribution in [0.4, 0.5) is 0 Å². The molecule has 0 spiro atoms. The third kappa shape index (κ3) is 11.1. The lowest BCUT2D eigenvalue weighted by Crippen LogP contribution is -2.60. The molecule has 1 aromatic carbocycles. The number of benzene rings is 1. The Morgan fingerprint density at radius 1 is 0.973 bits per heavy atom. The van der Waals surface area contributed by atoms with Crippen LogP contribution in [-0.4, -0.2) is 93.5 Å². The van der Waals surface area contributed by atoms with Gasteiger partial charge in [0.1, 0.15) is 23.9 Å². The number of amides is 3. The number of nitrogens with one attached hydrogen (secondary N) is 3. The van der Waals surface area contributed by atoms with E-state index in [1.807, 2.05) is 0 Å². The quantitative estimate of drug-likeness (QED) is 0.0602. The SMILES string of the molecule is CC(O)C(NC(=O)C(N)Cc1ccc(O)cc1)C(=O)NC(CCCN=C(N)N)C(=O)NC(CO)C(=O)O. The zero-order valence-corrected chi connectivity index (χ0v) is 20.3. The van der Waals surface area contributed by atoms with Crippen LogP contribution in [0, 0.1) is 0 Å². The number of carboxylic acid groups (broad SMARTS) is 1. The number of guanidine groups is 1. The van der Waals surface area contributed by atoms with Crippen LogP contribution in [0.15, 0.2) is 29.3 Å². The summed E-state index contributed by atoms with van der Waals surface area (Å²) in [6.45, 7) is 0.462. The standard InChI is InChI=1S/C22H35N7O8/c1-11(31)17(29-18(33)14(23)9-12-4-6-13(32)7-5-12)20(35)27-15(3-2-8-26-22(24)25)19(34)28-16(10-30)21(36)37/h4-7,11,14-17,30-32H,2-3,8-10,23H2,1H3,(H,27,35)(H,28,34)(H,29,33)(H,36,37)(H4,24,25,26). The number of aliphatic carboxylic acids is 1. The molecule has 15 nitrogen and oxygen atoms in total. The summed E-state index contributed by atoms with van der Waals surface area (Å²) in [6, 6.07) is 0.478. The molecule has 13 N–H and O–H groups in total. The first-order valence-corrected chi connectivity index (χ1v) is 11.4. The van der Waals surface area contributed by atoms with Gasteiger partial charge in [-0.2, -0.15) is 0 Å². The van der Waals surface area contributed by atoms with E-state index in [2.05, 4.69) is 20.9 Å². The van der Waals surface area contributed by atoms with E-state index in [4.69, 9.17) is 22.3 Å². The summed E-state index contributed by atoms with van der Waals surface area (Å²) < 4.78 is 0. The number of phenolic OH excluding ortho intramolecular Hbond substituents is 1. The van der Waals surface area contributed by atoms with Crippen molar-refractivity contribution in [3.05, 3.63) is 29.8 Å². The number of rotatable bonds is 15. The third-order valence-corrected chi connectivity index (χ3v) is 5.17. The van der Waals surface area contributed by atoms with Gasteiger partial charge in [0.05, 0.1) is 18.8 Å². The number of aliphatic imine (C=N–C) groups is 1. The predicted molar refractivity (Wildman–Crippen MR) is 132 cm³/mol. The van der Waals surface area contributed by atoms with Gasteiger partial charge in [0, 0.05) is 6.54 Å². The molecule has 0 aliphatic heterocycles. The molecule has 0 bridgehead atoms. The van der Waals surface area contributed by atoms with Crippen molar-refractivity contribution >= 4 is 29.7 Å². The highest BCUT2D eigenvalue weighted by Crippen LogP contribution is 2.11. The number of carbonyl (C=O) groups is 4. The molecule has 206 valence electrons. The molecule has 5 atom stereocenters. The average molecular weight is 526 g/mol. The van der Waals surface area contributed by atoms with Gasteiger partial charge in [-0.05, 0) is 43.9 Å². The molecule has 0 radical (unpaired) electrons. The zero-order valence-electron chi connectivity index (χ0n) is 20.3. The van der Waals surface area contributed by atoms with Gasteiger partial charge in [0.2, 0.25) is 17.7 Å². The summed E-state index contributed by atoms with van der Waals surface area (Å²) in [5, 5.41) is 44.6. The highest BCUT2D eigenvalue weighted by Gasteiger charge is 2.32. The first kappa shape index (κ1) is 31.1. The van der Waals surface area contributed by atoms with E-state index >= 15 is 0 Å². The Morgan fingerprint density at radius 2 is 1.57 bits per heavy atom. The number of aromatic hydroxyl groups is 1. The molecular formula is C22H35N7O8. The van der Waals surface area contributed by atoms with Gasteiger partial charge < -0.3 is 53.6 Å². The van der Waals surface area contributed by atoms with Crippen molar-refractivity contribution < 1.29 is 39.6 Å². The first-order valence-electron chi connectivity index (χ1n) is 11.4. The summed E-state index contributed by atoms with van der Waals surface area (Å²) in [7, 11) is 0. The number of hydrogen-bond acceptors (Lipinski definition) is 9. The second kappa shape index (κ2) is 15.2. The maximum Gasteiger partial charge on any atom is 0.328 e. The van der Waals surface area contributed by atoms with Gasteiger partial charge in [-0.3, -0.25) is 19.4 Å². The van der Waals surface area contributed by atoms with Crippen LogP contribution in [0.25, 0.3) is 0 Å². The number of aliphatic hydroxyl groups excluding tert-OH is 2. The van der Waals surface area contributed by atoms with Gasteiger partial charge in [0.15, 0.2) is 5.96 Å². The molecule has 0 aromatic heterocycles. The molecule has 37 heavy (non-hydrogen) atoms. The fourth-order valence-electron chi connectivity index (χ4n) is 3.14. The smallest absolute Gasteiger partial charge is 0.328 e. The Balaban J connectivity index is 2.93. The lowest BCUT2D eigenvalue weighted by atomic mass is 10.0. The zero-order chi connectivity index (χ0) is 28.1. The van der Waals surface area contributed by atoms with Crippen molar-refractivity contribution in [1.82, 2.24) is 16.0 Å². The molecule has 1 aromatic rings. The van der Waals surface area contributed by atoms with Gasteiger partial charge in [-0.25, -0.2) is 4.79 Å². The molecule has 0 fully saturated rings. The lowest BCUT2D eigenvalue weighted by Gasteiger charge is -2.26. The Hall–Kier alpha value is -3.95. The number of carboxylic acids is 1. The highest BCUT2D eigenvalue weighted by molar-refractivity contribution is 5.94. The van der Waals surface area contributed by atoms with Gasteiger partial charge in [-0.15, -0.1) is 0 Å². The molecule has 0 aliphatic rings. The maximum absolute atomic E-state index is 12.9. The highest BCUT2D eigenvalue weighted by atomic mass is 16.4. The second-order valence-electron chi connectivity index (χ2n) is 8.30. The van der Waals surface area contributed by atoms with E-state index in [9.17, 15) is 34.5 Å². The number of phenols is 1. The van der Waals surface area contributed by atoms with Crippen LogP contribution in [-0.2, 0) is 25.6 Å². The second-order valence-corrected chi connectivity index (χ2v) is 8.30. The van der Waals surface area contributed by atoms with Crippen molar-refractivity contribution in [2.75, 3.05) is 13.2 Å². The van der Waals surface area contributed by atoms with Crippen molar-refractivity contribution in [3.63, 3.8) is 0 Å². The van der Waals surface area contributed by atoms with Crippen molar-refractivity contribution in [1.29, 1.82) is 0 Å². The van der Waals surface area contributed by atoms with Gasteiger partial charge in [0.25, 0.3) is 0 Å². The number of carbonyl (C=O) groups excluding carboxylic acids is 3. The van der Waals surface area contributed by atoms with E-state index in [-0.39, 0.29) is 37.5 Å². The number of nitrogens with two attached hydrogens (primary N) is 3. The van der Waals surface area contributed by atoms with Crippen LogP contribution in [0.2, 0.25) is 0 Å². The topological polar surface area (TPSA) is 276 Å². The Kier molecular flexibility index (Phi) is 12.8. The minimum atomic E-state index is -1.62. The van der Waals surface area contributed by atoms with Crippen LogP contribution >= 0.6 is 0 Å². The van der Waals surface area contributed by atoms with E-state index < -0.39 is 60.6 Å². The molecule has 0 aliphatic carbocycles. The summed E-state index contributed by atoms with van der Waals surface area (Å²) in [5.74, 6) is -4.24. The summed E-state index contributed by atoms with van der Waals surface area (Å²) in [6.07, 6.45) is -1.14. The molecule has 0 saturated heterocycles. The Labute approximate surface area is 213 Å². The Bertz CT molecular complexity index is 951. The molecule has 15 heteroatoms. The van der Waals surface area contributed by atoms with Gasteiger partial charge in [-0.1, -0.05) is 12.1 Å². The van der Waals surface area contributed by atoms with E-state index in [0.717, 1.165) is 0 Å². The lowest BCUT2D eigenvalue weighted by molar-refractivity contribution is -0.143. The molecule has 5 unspecified atom stereocenters. The third-order valence-electron chi connectivity index (χ3n) is 5.17. The molecule has 1 rings (SSSR count). The van der Waals surface area contributed by atoms with E-state index in [1.54, 1.807) is 12.1 Å². The monoisotopic (exact) mass is 525 g/mol. The van der Waals surface area contributed by atoms with E-state index in [0.29, 0.717) is 5.56 Å². The van der Waals surface area contributed by atoms with Crippen LogP contribution in [0.1, 0.15) is 25.3 Å². The van der Waals surface area contributed by atoms with Crippen molar-refractivity contribution in [2.45, 2.75) is 56.5 Å². The van der Waals surface area contributed by atoms with Crippen molar-refractivity contribution in [2.24, 2.45) is 22.2 Å². The predicted octanol–water partition coefficient (Wildman–Crippen LogP) is -3.77. The van der Waals surface area contributed by atoms with Gasteiger partial charge >= 0.3 is 5.97 Å². The Morgan fingerprint density at radius 3 is 2.08 bits per heavy atom. The molecule has 3 amide bonds. The largest absolute Gasteiger partial charge is 0.508 e.